The van der Waals surface area contributed by atoms with Gasteiger partial charge in [-0.25, -0.2) is 4.98 Å². The second-order valence-electron chi connectivity index (χ2n) is 5.02. The summed E-state index contributed by atoms with van der Waals surface area (Å²) in [4.78, 5) is 14.9. The molecule has 0 aliphatic rings. The first-order valence-corrected chi connectivity index (χ1v) is 8.07. The van der Waals surface area contributed by atoms with Gasteiger partial charge in [0.1, 0.15) is 0 Å². The molecule has 3 aromatic rings. The van der Waals surface area contributed by atoms with Crippen molar-refractivity contribution in [3.8, 4) is 11.3 Å². The first-order chi connectivity index (χ1) is 11.6. The number of nitro benzene ring substituents is 1. The predicted molar refractivity (Wildman–Crippen MR) is 96.5 cm³/mol. The lowest BCUT2D eigenvalue weighted by molar-refractivity contribution is -0.384. The van der Waals surface area contributed by atoms with Crippen molar-refractivity contribution in [3.05, 3.63) is 75.7 Å². The molecule has 0 aliphatic carbocycles. The number of hydrazone groups is 1. The van der Waals surface area contributed by atoms with E-state index in [-0.39, 0.29) is 5.69 Å². The van der Waals surface area contributed by atoms with Crippen molar-refractivity contribution in [3.63, 3.8) is 0 Å². The highest BCUT2D eigenvalue weighted by Gasteiger charge is 2.09. The second kappa shape index (κ2) is 7.01. The van der Waals surface area contributed by atoms with Crippen LogP contribution in [0.2, 0.25) is 0 Å². The van der Waals surface area contributed by atoms with E-state index in [1.165, 1.54) is 23.5 Å². The Hall–Kier alpha value is -3.06. The number of thiazole rings is 1. The van der Waals surface area contributed by atoms with Crippen LogP contribution < -0.4 is 5.43 Å². The van der Waals surface area contributed by atoms with Crippen molar-refractivity contribution < 1.29 is 4.92 Å². The van der Waals surface area contributed by atoms with Gasteiger partial charge < -0.3 is 0 Å². The van der Waals surface area contributed by atoms with E-state index >= 15 is 0 Å². The van der Waals surface area contributed by atoms with E-state index in [1.54, 1.807) is 12.1 Å². The van der Waals surface area contributed by atoms with E-state index in [1.807, 2.05) is 42.6 Å². The Kier molecular flexibility index (Phi) is 4.62. The summed E-state index contributed by atoms with van der Waals surface area (Å²) in [5.74, 6) is 0. The van der Waals surface area contributed by atoms with E-state index in [0.717, 1.165) is 11.3 Å². The Morgan fingerprint density at radius 3 is 2.75 bits per heavy atom. The van der Waals surface area contributed by atoms with Crippen molar-refractivity contribution in [2.24, 2.45) is 5.10 Å². The highest BCUT2D eigenvalue weighted by Crippen LogP contribution is 2.27. The van der Waals surface area contributed by atoms with Crippen molar-refractivity contribution >= 4 is 27.9 Å². The van der Waals surface area contributed by atoms with Crippen LogP contribution in [0.15, 0.2) is 65.1 Å². The zero-order valence-corrected chi connectivity index (χ0v) is 13.7. The number of nitrogens with zero attached hydrogens (tertiary/aromatic N) is 3. The fraction of sp³-hybridized carbons (Fsp3) is 0.0588. The maximum Gasteiger partial charge on any atom is 0.270 e. The molecule has 0 bridgehead atoms. The summed E-state index contributed by atoms with van der Waals surface area (Å²) in [7, 11) is 0. The van der Waals surface area contributed by atoms with Gasteiger partial charge in [-0.05, 0) is 12.5 Å². The zero-order chi connectivity index (χ0) is 16.9. The molecular formula is C17H14N4O2S. The standard InChI is InChI=1S/C17H14N4O2S/c1-12(13-6-3-2-4-7-13)19-20-17-18-16(11-24-17)14-8-5-9-15(10-14)21(22)23/h2-11H,1H3,(H,18,20)/b19-12-. The Bertz CT molecular complexity index is 890. The molecule has 6 nitrogen and oxygen atoms in total. The molecule has 3 rings (SSSR count). The summed E-state index contributed by atoms with van der Waals surface area (Å²) in [6.07, 6.45) is 0. The zero-order valence-electron chi connectivity index (χ0n) is 12.8. The molecule has 0 saturated carbocycles. The van der Waals surface area contributed by atoms with Crippen LogP contribution in [0.1, 0.15) is 12.5 Å². The lowest BCUT2D eigenvalue weighted by Gasteiger charge is -2.00. The minimum absolute atomic E-state index is 0.0490. The molecule has 7 heteroatoms. The van der Waals surface area contributed by atoms with Crippen LogP contribution >= 0.6 is 11.3 Å². The van der Waals surface area contributed by atoms with E-state index in [4.69, 9.17) is 0 Å². The molecule has 0 radical (unpaired) electrons. The third kappa shape index (κ3) is 3.64. The van der Waals surface area contributed by atoms with Crippen LogP contribution in [0, 0.1) is 10.1 Å². The van der Waals surface area contributed by atoms with E-state index in [2.05, 4.69) is 15.5 Å². The number of nitro groups is 1. The molecule has 0 spiro atoms. The molecule has 0 saturated heterocycles. The molecular weight excluding hydrogens is 324 g/mol. The van der Waals surface area contributed by atoms with E-state index < -0.39 is 4.92 Å². The van der Waals surface area contributed by atoms with E-state index in [0.29, 0.717) is 16.4 Å². The van der Waals surface area contributed by atoms with Gasteiger partial charge in [-0.15, -0.1) is 11.3 Å². The molecule has 0 fully saturated rings. The van der Waals surface area contributed by atoms with Gasteiger partial charge >= 0.3 is 0 Å². The third-order valence-electron chi connectivity index (χ3n) is 3.37. The average Bonchev–Trinajstić information content (AvgIpc) is 3.09. The molecule has 1 heterocycles. The van der Waals surface area contributed by atoms with Crippen LogP contribution in [0.25, 0.3) is 11.3 Å². The van der Waals surface area contributed by atoms with Gasteiger partial charge in [-0.1, -0.05) is 42.5 Å². The van der Waals surface area contributed by atoms with Crippen molar-refractivity contribution in [2.45, 2.75) is 6.92 Å². The molecule has 0 unspecified atom stereocenters. The van der Waals surface area contributed by atoms with Gasteiger partial charge in [-0.2, -0.15) is 5.10 Å². The highest BCUT2D eigenvalue weighted by molar-refractivity contribution is 7.14. The van der Waals surface area contributed by atoms with E-state index in [9.17, 15) is 10.1 Å². The number of anilines is 1. The van der Waals surface area contributed by atoms with Gasteiger partial charge in [-0.3, -0.25) is 15.5 Å². The Balaban J connectivity index is 1.76. The van der Waals surface area contributed by atoms with Crippen molar-refractivity contribution in [2.75, 3.05) is 5.43 Å². The van der Waals surface area contributed by atoms with Gasteiger partial charge in [0.25, 0.3) is 5.69 Å². The monoisotopic (exact) mass is 338 g/mol. The summed E-state index contributed by atoms with van der Waals surface area (Å²) in [6, 6.07) is 16.3. The fourth-order valence-electron chi connectivity index (χ4n) is 2.11. The second-order valence-corrected chi connectivity index (χ2v) is 5.88. The largest absolute Gasteiger partial charge is 0.270 e. The maximum atomic E-state index is 10.9. The summed E-state index contributed by atoms with van der Waals surface area (Å²) in [5.41, 5.74) is 6.24. The number of non-ortho nitro benzene ring substituents is 1. The number of benzene rings is 2. The summed E-state index contributed by atoms with van der Waals surface area (Å²) in [5, 5.41) is 17.7. The van der Waals surface area contributed by atoms with Crippen molar-refractivity contribution in [1.82, 2.24) is 4.98 Å². The number of aromatic nitrogens is 1. The van der Waals surface area contributed by atoms with Crippen LogP contribution in [0.4, 0.5) is 10.8 Å². The minimum Gasteiger partial charge on any atom is -0.258 e. The van der Waals surface area contributed by atoms with Crippen LogP contribution in [-0.4, -0.2) is 15.6 Å². The molecule has 1 aromatic heterocycles. The summed E-state index contributed by atoms with van der Waals surface area (Å²) < 4.78 is 0. The van der Waals surface area contributed by atoms with Gasteiger partial charge in [0, 0.05) is 23.1 Å². The molecule has 1 N–H and O–H groups in total. The number of hydrogen-bond donors (Lipinski definition) is 1. The highest BCUT2D eigenvalue weighted by atomic mass is 32.1. The topological polar surface area (TPSA) is 80.4 Å². The Labute approximate surface area is 142 Å². The maximum absolute atomic E-state index is 10.9. The minimum atomic E-state index is -0.414. The first-order valence-electron chi connectivity index (χ1n) is 7.19. The first kappa shape index (κ1) is 15.8. The predicted octanol–water partition coefficient (Wildman–Crippen LogP) is 4.55. The molecule has 2 aromatic carbocycles. The summed E-state index contributed by atoms with van der Waals surface area (Å²) >= 11 is 1.40. The molecule has 0 aliphatic heterocycles. The Morgan fingerprint density at radius 1 is 1.21 bits per heavy atom. The quantitative estimate of drug-likeness (QED) is 0.420. The van der Waals surface area contributed by atoms with Crippen LogP contribution in [0.5, 0.6) is 0 Å². The third-order valence-corrected chi connectivity index (χ3v) is 4.11. The van der Waals surface area contributed by atoms with Gasteiger partial charge in [0.2, 0.25) is 5.13 Å². The number of rotatable bonds is 5. The number of hydrogen-bond acceptors (Lipinski definition) is 6. The molecule has 24 heavy (non-hydrogen) atoms. The normalized spacial score (nSPS) is 11.3. The van der Waals surface area contributed by atoms with Crippen LogP contribution in [0.3, 0.4) is 0 Å². The number of nitrogens with one attached hydrogen (secondary N) is 1. The van der Waals surface area contributed by atoms with Gasteiger partial charge in [0.15, 0.2) is 0 Å². The summed E-state index contributed by atoms with van der Waals surface area (Å²) in [6.45, 7) is 1.91. The average molecular weight is 338 g/mol. The molecule has 120 valence electrons. The van der Waals surface area contributed by atoms with Crippen LogP contribution in [-0.2, 0) is 0 Å². The SMILES string of the molecule is C/C(=N/Nc1nc(-c2cccc([N+](=O)[O-])c2)cs1)c1ccccc1. The smallest absolute Gasteiger partial charge is 0.258 e. The molecule has 0 atom stereocenters. The van der Waals surface area contributed by atoms with Crippen molar-refractivity contribution in [1.29, 1.82) is 0 Å². The Morgan fingerprint density at radius 2 is 2.00 bits per heavy atom. The lowest BCUT2D eigenvalue weighted by atomic mass is 10.1. The lowest BCUT2D eigenvalue weighted by Crippen LogP contribution is -1.99. The fourth-order valence-corrected chi connectivity index (χ4v) is 2.77. The molecule has 0 amide bonds. The van der Waals surface area contributed by atoms with Gasteiger partial charge in [0.05, 0.1) is 16.3 Å².